The number of rotatable bonds is 3. The first-order chi connectivity index (χ1) is 12.0. The summed E-state index contributed by atoms with van der Waals surface area (Å²) >= 11 is 7.15. The van der Waals surface area contributed by atoms with E-state index in [1.54, 1.807) is 18.2 Å². The van der Waals surface area contributed by atoms with E-state index in [0.29, 0.717) is 25.9 Å². The molecule has 3 aromatic rings. The fourth-order valence-corrected chi connectivity index (χ4v) is 3.05. The number of nitrogens with one attached hydrogen (secondary N) is 1. The lowest BCUT2D eigenvalue weighted by molar-refractivity contribution is -0.111. The maximum atomic E-state index is 13.2. The molecular formula is C17H10ClF2N3OS. The number of amides is 1. The quantitative estimate of drug-likeness (QED) is 0.532. The van der Waals surface area contributed by atoms with Crippen LogP contribution in [0.4, 0.5) is 14.5 Å². The van der Waals surface area contributed by atoms with Crippen molar-refractivity contribution in [3.05, 3.63) is 58.0 Å². The first-order valence-corrected chi connectivity index (χ1v) is 8.17. The van der Waals surface area contributed by atoms with Crippen molar-refractivity contribution in [2.75, 3.05) is 5.32 Å². The van der Waals surface area contributed by atoms with E-state index >= 15 is 0 Å². The molecule has 0 spiro atoms. The molecule has 8 heteroatoms. The third-order valence-electron chi connectivity index (χ3n) is 3.23. The normalized spacial score (nSPS) is 10.6. The van der Waals surface area contributed by atoms with Gasteiger partial charge in [-0.15, -0.1) is 11.3 Å². The van der Waals surface area contributed by atoms with Crippen LogP contribution < -0.4 is 5.32 Å². The molecule has 25 heavy (non-hydrogen) atoms. The summed E-state index contributed by atoms with van der Waals surface area (Å²) < 4.78 is 27.8. The zero-order chi connectivity index (χ0) is 18.0. The second-order valence-corrected chi connectivity index (χ2v) is 6.59. The molecule has 0 fully saturated rings. The highest BCUT2D eigenvalue weighted by Gasteiger charge is 2.15. The Hall–Kier alpha value is -2.69. The first kappa shape index (κ1) is 17.1. The third-order valence-corrected chi connectivity index (χ3v) is 4.37. The average Bonchev–Trinajstić information content (AvgIpc) is 3.16. The van der Waals surface area contributed by atoms with Gasteiger partial charge < -0.3 is 5.32 Å². The Morgan fingerprint density at radius 1 is 1.44 bits per heavy atom. The summed E-state index contributed by atoms with van der Waals surface area (Å²) in [6.45, 7) is 0.607. The number of hydrogen-bond donors (Lipinski definition) is 1. The van der Waals surface area contributed by atoms with E-state index in [1.165, 1.54) is 23.7 Å². The summed E-state index contributed by atoms with van der Waals surface area (Å²) in [7, 11) is 0. The van der Waals surface area contributed by atoms with Crippen LogP contribution in [0.3, 0.4) is 0 Å². The largest absolute Gasteiger partial charge is 0.321 e. The van der Waals surface area contributed by atoms with Crippen LogP contribution in [0, 0.1) is 11.8 Å². The molecule has 3 rings (SSSR count). The summed E-state index contributed by atoms with van der Waals surface area (Å²) in [6, 6.07) is 5.01. The lowest BCUT2D eigenvalue weighted by Crippen LogP contribution is -2.07. The number of fused-ring (bicyclic) bond motifs is 1. The monoisotopic (exact) mass is 377 g/mol. The van der Waals surface area contributed by atoms with E-state index in [9.17, 15) is 13.6 Å². The molecule has 126 valence electrons. The average molecular weight is 378 g/mol. The van der Waals surface area contributed by atoms with Gasteiger partial charge in [-0.3, -0.25) is 9.36 Å². The number of aromatic nitrogens is 2. The minimum atomic E-state index is -2.75. The molecule has 3 heterocycles. The predicted octanol–water partition coefficient (Wildman–Crippen LogP) is 4.67. The van der Waals surface area contributed by atoms with E-state index < -0.39 is 12.5 Å². The second-order valence-electron chi connectivity index (χ2n) is 4.87. The summed E-state index contributed by atoms with van der Waals surface area (Å²) in [4.78, 5) is 16.1. The third kappa shape index (κ3) is 3.71. The number of carbonyl (C=O) groups excluding carboxylic acids is 1. The van der Waals surface area contributed by atoms with E-state index in [2.05, 4.69) is 28.7 Å². The minimum Gasteiger partial charge on any atom is -0.321 e. The second kappa shape index (κ2) is 7.05. The van der Waals surface area contributed by atoms with Gasteiger partial charge >= 0.3 is 6.55 Å². The Kier molecular flexibility index (Phi) is 4.83. The standard InChI is InChI=1S/C17H10ClF2N3OS/c1-2-15(24)22-11-7-13-10(3-4-12-5-6-14(18)25-12)9-23(17(19)20)16(13)21-8-11/h2,5-9,17H,1H2,(H,22,24). The van der Waals surface area contributed by atoms with Crippen molar-refractivity contribution in [1.29, 1.82) is 0 Å². The molecule has 3 aromatic heterocycles. The molecule has 0 saturated carbocycles. The van der Waals surface area contributed by atoms with Gasteiger partial charge in [0.1, 0.15) is 5.65 Å². The van der Waals surface area contributed by atoms with Gasteiger partial charge in [-0.25, -0.2) is 4.98 Å². The van der Waals surface area contributed by atoms with Crippen molar-refractivity contribution >= 4 is 45.6 Å². The van der Waals surface area contributed by atoms with Crippen LogP contribution in [0.25, 0.3) is 11.0 Å². The van der Waals surface area contributed by atoms with Gasteiger partial charge in [0.25, 0.3) is 0 Å². The van der Waals surface area contributed by atoms with Crippen molar-refractivity contribution in [1.82, 2.24) is 9.55 Å². The lowest BCUT2D eigenvalue weighted by Gasteiger charge is -2.04. The van der Waals surface area contributed by atoms with E-state index in [1.807, 2.05) is 0 Å². The highest BCUT2D eigenvalue weighted by molar-refractivity contribution is 7.16. The SMILES string of the molecule is C=CC(=O)Nc1cnc2c(c1)c(C#Cc1ccc(Cl)s1)cn2C(F)F. The molecule has 0 unspecified atom stereocenters. The van der Waals surface area contributed by atoms with Crippen molar-refractivity contribution in [3.8, 4) is 11.8 Å². The molecule has 0 aliphatic heterocycles. The van der Waals surface area contributed by atoms with Gasteiger partial charge in [0.05, 0.1) is 26.7 Å². The lowest BCUT2D eigenvalue weighted by atomic mass is 10.2. The Morgan fingerprint density at radius 3 is 2.88 bits per heavy atom. The van der Waals surface area contributed by atoms with Crippen molar-refractivity contribution in [3.63, 3.8) is 0 Å². The van der Waals surface area contributed by atoms with Gasteiger partial charge in [0, 0.05) is 11.6 Å². The maximum absolute atomic E-state index is 13.2. The molecule has 1 N–H and O–H groups in total. The highest BCUT2D eigenvalue weighted by atomic mass is 35.5. The predicted molar refractivity (Wildman–Crippen MR) is 95.1 cm³/mol. The maximum Gasteiger partial charge on any atom is 0.320 e. The van der Waals surface area contributed by atoms with Gasteiger partial charge in [0.2, 0.25) is 5.91 Å². The van der Waals surface area contributed by atoms with Gasteiger partial charge in [-0.05, 0) is 24.3 Å². The van der Waals surface area contributed by atoms with Crippen LogP contribution in [0.5, 0.6) is 0 Å². The van der Waals surface area contributed by atoms with Crippen molar-refractivity contribution in [2.24, 2.45) is 0 Å². The van der Waals surface area contributed by atoms with Crippen LogP contribution in [-0.2, 0) is 4.79 Å². The summed E-state index contributed by atoms with van der Waals surface area (Å²) in [5.41, 5.74) is 0.828. The Morgan fingerprint density at radius 2 is 2.24 bits per heavy atom. The Labute approximate surface area is 150 Å². The number of halogens is 3. The fraction of sp³-hybridized carbons (Fsp3) is 0.0588. The van der Waals surface area contributed by atoms with E-state index in [0.717, 1.165) is 10.6 Å². The molecule has 0 saturated heterocycles. The van der Waals surface area contributed by atoms with Crippen molar-refractivity contribution in [2.45, 2.75) is 6.55 Å². The van der Waals surface area contributed by atoms with Crippen LogP contribution >= 0.6 is 22.9 Å². The van der Waals surface area contributed by atoms with Crippen LogP contribution in [0.2, 0.25) is 4.34 Å². The van der Waals surface area contributed by atoms with Gasteiger partial charge in [-0.1, -0.05) is 30.0 Å². The topological polar surface area (TPSA) is 46.9 Å². The summed E-state index contributed by atoms with van der Waals surface area (Å²) in [5, 5.41) is 2.96. The number of nitrogens with zero attached hydrogens (tertiary/aromatic N) is 2. The van der Waals surface area contributed by atoms with Crippen LogP contribution in [0.1, 0.15) is 17.0 Å². The molecule has 0 aromatic carbocycles. The molecule has 1 amide bonds. The smallest absolute Gasteiger partial charge is 0.320 e. The fourth-order valence-electron chi connectivity index (χ4n) is 2.15. The van der Waals surface area contributed by atoms with Gasteiger partial charge in [-0.2, -0.15) is 8.78 Å². The molecule has 0 aliphatic carbocycles. The molecule has 0 bridgehead atoms. The first-order valence-electron chi connectivity index (χ1n) is 6.97. The number of carbonyl (C=O) groups is 1. The van der Waals surface area contributed by atoms with Crippen LogP contribution in [-0.4, -0.2) is 15.5 Å². The molecule has 4 nitrogen and oxygen atoms in total. The Balaban J connectivity index is 2.09. The number of thiophene rings is 1. The molecule has 0 radical (unpaired) electrons. The molecule has 0 aliphatic rings. The number of pyridine rings is 1. The Bertz CT molecular complexity index is 1030. The molecular weight excluding hydrogens is 368 g/mol. The zero-order valence-electron chi connectivity index (χ0n) is 12.6. The summed E-state index contributed by atoms with van der Waals surface area (Å²) in [6.07, 6.45) is 3.65. The van der Waals surface area contributed by atoms with Crippen LogP contribution in [0.15, 0.2) is 43.2 Å². The highest BCUT2D eigenvalue weighted by Crippen LogP contribution is 2.27. The van der Waals surface area contributed by atoms with E-state index in [-0.39, 0.29) is 5.65 Å². The number of hydrogen-bond acceptors (Lipinski definition) is 3. The number of anilines is 1. The van der Waals surface area contributed by atoms with Crippen molar-refractivity contribution < 1.29 is 13.6 Å². The van der Waals surface area contributed by atoms with E-state index in [4.69, 9.17) is 11.6 Å². The minimum absolute atomic E-state index is 0.0834. The zero-order valence-corrected chi connectivity index (χ0v) is 14.2. The molecule has 0 atom stereocenters. The number of alkyl halides is 2. The van der Waals surface area contributed by atoms with Gasteiger partial charge in [0.15, 0.2) is 0 Å². The summed E-state index contributed by atoms with van der Waals surface area (Å²) in [5.74, 6) is 5.33.